The third kappa shape index (κ3) is 3.13. The van der Waals surface area contributed by atoms with Gasteiger partial charge in [-0.05, 0) is 12.5 Å². The molecular formula is C11H11F8O2-. The maximum Gasteiger partial charge on any atom is 0.378 e. The van der Waals surface area contributed by atoms with Crippen LogP contribution in [0.15, 0.2) is 11.6 Å². The monoisotopic (exact) mass is 327 g/mol. The molecule has 0 bridgehead atoms. The van der Waals surface area contributed by atoms with E-state index in [1.54, 1.807) is 0 Å². The highest BCUT2D eigenvalue weighted by Crippen LogP contribution is 2.55. The van der Waals surface area contributed by atoms with Crippen LogP contribution >= 0.6 is 0 Å². The first kappa shape index (κ1) is 19.7. The Morgan fingerprint density at radius 2 is 1.38 bits per heavy atom. The first-order chi connectivity index (χ1) is 9.02. The predicted molar refractivity (Wildman–Crippen MR) is 53.4 cm³/mol. The Morgan fingerprint density at radius 1 is 1.00 bits per heavy atom. The Hall–Kier alpha value is -1.35. The lowest BCUT2D eigenvalue weighted by Crippen LogP contribution is -2.62. The number of aliphatic carboxylic acids is 1. The minimum atomic E-state index is -6.40. The van der Waals surface area contributed by atoms with Crippen molar-refractivity contribution in [2.45, 2.75) is 45.0 Å². The molecule has 0 aliphatic rings. The van der Waals surface area contributed by atoms with Crippen LogP contribution in [0.5, 0.6) is 0 Å². The SMILES string of the molecule is CC(=CC(C)(C)C(F)(F)C(F)(F)C(F)(F)C(F)F)C(=O)[O-]. The van der Waals surface area contributed by atoms with Gasteiger partial charge in [0.2, 0.25) is 0 Å². The molecule has 124 valence electrons. The van der Waals surface area contributed by atoms with Gasteiger partial charge in [0.15, 0.2) is 0 Å². The summed E-state index contributed by atoms with van der Waals surface area (Å²) in [5.41, 5.74) is -4.09. The molecule has 0 aromatic carbocycles. The second-order valence-corrected chi connectivity index (χ2v) is 4.91. The molecule has 0 radical (unpaired) electrons. The summed E-state index contributed by atoms with van der Waals surface area (Å²) >= 11 is 0. The molecule has 0 heterocycles. The van der Waals surface area contributed by atoms with Crippen LogP contribution < -0.4 is 5.11 Å². The van der Waals surface area contributed by atoms with Gasteiger partial charge in [-0.1, -0.05) is 19.9 Å². The van der Waals surface area contributed by atoms with Gasteiger partial charge in [0.05, 0.1) is 11.4 Å². The van der Waals surface area contributed by atoms with Gasteiger partial charge in [-0.15, -0.1) is 0 Å². The molecule has 0 spiro atoms. The summed E-state index contributed by atoms with van der Waals surface area (Å²) in [5, 5.41) is 10.4. The van der Waals surface area contributed by atoms with Crippen LogP contribution in [0.3, 0.4) is 0 Å². The lowest BCUT2D eigenvalue weighted by molar-refractivity contribution is -0.357. The standard InChI is InChI=1S/C11H12F8O2/c1-5(6(20)21)4-8(2,3)10(16,17)11(18,19)9(14,15)7(12)13/h4,7H,1-3H3,(H,20,21)/p-1. The highest BCUT2D eigenvalue weighted by atomic mass is 19.4. The van der Waals surface area contributed by atoms with Gasteiger partial charge in [0.1, 0.15) is 0 Å². The Kier molecular flexibility index (Phi) is 5.10. The summed E-state index contributed by atoms with van der Waals surface area (Å²) in [4.78, 5) is 10.4. The number of carboxylic acid groups (broad SMARTS) is 1. The fourth-order valence-corrected chi connectivity index (χ4v) is 1.44. The van der Waals surface area contributed by atoms with Crippen molar-refractivity contribution in [2.75, 3.05) is 0 Å². The van der Waals surface area contributed by atoms with Crippen molar-refractivity contribution in [1.82, 2.24) is 0 Å². The fraction of sp³-hybridized carbons (Fsp3) is 0.727. The van der Waals surface area contributed by atoms with E-state index in [1.165, 1.54) is 0 Å². The van der Waals surface area contributed by atoms with Crippen molar-refractivity contribution in [3.63, 3.8) is 0 Å². The maximum absolute atomic E-state index is 13.6. The topological polar surface area (TPSA) is 40.1 Å². The summed E-state index contributed by atoms with van der Waals surface area (Å²) < 4.78 is 103. The normalized spacial score (nSPS) is 15.5. The van der Waals surface area contributed by atoms with Gasteiger partial charge in [-0.3, -0.25) is 0 Å². The summed E-state index contributed by atoms with van der Waals surface area (Å²) in [6.07, 6.45) is -4.97. The zero-order chi connectivity index (χ0) is 17.4. The minimum Gasteiger partial charge on any atom is -0.545 e. The zero-order valence-corrected chi connectivity index (χ0v) is 11.0. The van der Waals surface area contributed by atoms with Crippen LogP contribution in [0.4, 0.5) is 35.1 Å². The first-order valence-electron chi connectivity index (χ1n) is 5.34. The first-order valence-corrected chi connectivity index (χ1v) is 5.34. The molecule has 0 aliphatic heterocycles. The van der Waals surface area contributed by atoms with Gasteiger partial charge >= 0.3 is 24.2 Å². The molecule has 0 N–H and O–H groups in total. The van der Waals surface area contributed by atoms with Crippen molar-refractivity contribution in [1.29, 1.82) is 0 Å². The van der Waals surface area contributed by atoms with Crippen molar-refractivity contribution < 1.29 is 45.0 Å². The van der Waals surface area contributed by atoms with E-state index in [1.807, 2.05) is 0 Å². The molecule has 0 atom stereocenters. The van der Waals surface area contributed by atoms with Crippen molar-refractivity contribution in [2.24, 2.45) is 5.41 Å². The number of halogens is 8. The lowest BCUT2D eigenvalue weighted by atomic mass is 9.78. The molecule has 21 heavy (non-hydrogen) atoms. The van der Waals surface area contributed by atoms with E-state index in [9.17, 15) is 45.0 Å². The number of carbonyl (C=O) groups excluding carboxylic acids is 1. The molecule has 10 heteroatoms. The van der Waals surface area contributed by atoms with E-state index >= 15 is 0 Å². The quantitative estimate of drug-likeness (QED) is 0.556. The third-order valence-corrected chi connectivity index (χ3v) is 2.80. The summed E-state index contributed by atoms with van der Waals surface area (Å²) in [7, 11) is 0. The van der Waals surface area contributed by atoms with E-state index < -0.39 is 41.2 Å². The van der Waals surface area contributed by atoms with E-state index in [0.717, 1.165) is 0 Å². The van der Waals surface area contributed by atoms with Gasteiger partial charge in [-0.25, -0.2) is 8.78 Å². The fourth-order valence-electron chi connectivity index (χ4n) is 1.44. The molecule has 0 fully saturated rings. The van der Waals surface area contributed by atoms with Gasteiger partial charge in [0.25, 0.3) is 0 Å². The number of carboxylic acids is 1. The third-order valence-electron chi connectivity index (χ3n) is 2.80. The summed E-state index contributed by atoms with van der Waals surface area (Å²) in [5.74, 6) is -20.4. The Labute approximate surface area is 114 Å². The largest absolute Gasteiger partial charge is 0.545 e. The van der Waals surface area contributed by atoms with Crippen LogP contribution in [0.2, 0.25) is 0 Å². The summed E-state index contributed by atoms with van der Waals surface area (Å²) in [6.45, 7) is 1.33. The van der Waals surface area contributed by atoms with Crippen LogP contribution in [0, 0.1) is 5.41 Å². The predicted octanol–water partition coefficient (Wildman–Crippen LogP) is 2.88. The average Bonchev–Trinajstić information content (AvgIpc) is 2.26. The van der Waals surface area contributed by atoms with Crippen molar-refractivity contribution in [3.05, 3.63) is 11.6 Å². The number of allylic oxidation sites excluding steroid dienone is 1. The number of alkyl halides is 8. The van der Waals surface area contributed by atoms with Crippen molar-refractivity contribution in [3.8, 4) is 0 Å². The smallest absolute Gasteiger partial charge is 0.378 e. The molecule has 0 saturated carbocycles. The van der Waals surface area contributed by atoms with Gasteiger partial charge in [0, 0.05) is 0 Å². The highest BCUT2D eigenvalue weighted by molar-refractivity contribution is 5.84. The maximum atomic E-state index is 13.6. The number of rotatable bonds is 6. The average molecular weight is 327 g/mol. The Balaban J connectivity index is 5.96. The van der Waals surface area contributed by atoms with Gasteiger partial charge in [-0.2, -0.15) is 26.3 Å². The molecule has 0 rings (SSSR count). The lowest BCUT2D eigenvalue weighted by Gasteiger charge is -2.40. The molecular weight excluding hydrogens is 316 g/mol. The number of hydrogen-bond donors (Lipinski definition) is 0. The van der Waals surface area contributed by atoms with E-state index in [0.29, 0.717) is 20.8 Å². The van der Waals surface area contributed by atoms with Crippen LogP contribution in [0.1, 0.15) is 20.8 Å². The van der Waals surface area contributed by atoms with Crippen LogP contribution in [-0.4, -0.2) is 30.2 Å². The second-order valence-electron chi connectivity index (χ2n) is 4.91. The Bertz CT molecular complexity index is 440. The van der Waals surface area contributed by atoms with Crippen LogP contribution in [-0.2, 0) is 4.79 Å². The summed E-state index contributed by atoms with van der Waals surface area (Å²) in [6, 6.07) is 0. The molecule has 0 aromatic heterocycles. The molecule has 0 aliphatic carbocycles. The number of hydrogen-bond acceptors (Lipinski definition) is 2. The molecule has 0 aromatic rings. The molecule has 0 amide bonds. The molecule has 0 saturated heterocycles. The van der Waals surface area contributed by atoms with E-state index in [-0.39, 0.29) is 6.08 Å². The second kappa shape index (κ2) is 5.45. The highest BCUT2D eigenvalue weighted by Gasteiger charge is 2.78. The molecule has 0 unspecified atom stereocenters. The van der Waals surface area contributed by atoms with E-state index in [4.69, 9.17) is 0 Å². The van der Waals surface area contributed by atoms with Crippen molar-refractivity contribution >= 4 is 5.97 Å². The molecule has 2 nitrogen and oxygen atoms in total. The Morgan fingerprint density at radius 3 is 1.67 bits per heavy atom. The zero-order valence-electron chi connectivity index (χ0n) is 11.0. The van der Waals surface area contributed by atoms with Gasteiger partial charge < -0.3 is 9.90 Å². The van der Waals surface area contributed by atoms with Crippen LogP contribution in [0.25, 0.3) is 0 Å². The number of carbonyl (C=O) groups is 1. The van der Waals surface area contributed by atoms with E-state index in [2.05, 4.69) is 0 Å². The minimum absolute atomic E-state index is 0.0534.